The van der Waals surface area contributed by atoms with Gasteiger partial charge in [-0.15, -0.1) is 0 Å². The third kappa shape index (κ3) is 9.88. The normalized spacial score (nSPS) is 24.3. The summed E-state index contributed by atoms with van der Waals surface area (Å²) in [7, 11) is 0. The molecule has 2 aliphatic heterocycles. The third-order valence-electron chi connectivity index (χ3n) is 9.49. The summed E-state index contributed by atoms with van der Waals surface area (Å²) in [5.74, 6) is -3.41. The van der Waals surface area contributed by atoms with E-state index in [1.54, 1.807) is 0 Å². The van der Waals surface area contributed by atoms with E-state index in [-0.39, 0.29) is 43.6 Å². The second-order valence-corrected chi connectivity index (χ2v) is 16.6. The number of ether oxygens (including phenoxy) is 1. The van der Waals surface area contributed by atoms with Gasteiger partial charge in [0.15, 0.2) is 6.23 Å². The molecule has 0 radical (unpaired) electrons. The maximum absolute atomic E-state index is 14.4. The Kier molecular flexibility index (Phi) is 11.8. The molecule has 2 saturated heterocycles. The van der Waals surface area contributed by atoms with E-state index in [4.69, 9.17) is 10.5 Å². The number of morpholine rings is 1. The Labute approximate surface area is 278 Å². The highest BCUT2D eigenvalue weighted by molar-refractivity contribution is 6.37. The molecule has 3 fully saturated rings. The first-order chi connectivity index (χ1) is 21.5. The first kappa shape index (κ1) is 38.2. The first-order valence-corrected chi connectivity index (χ1v) is 16.6. The Hall–Kier alpha value is -3.26. The predicted molar refractivity (Wildman–Crippen MR) is 173 cm³/mol. The lowest BCUT2D eigenvalue weighted by molar-refractivity contribution is -0.166. The Morgan fingerprint density at radius 2 is 1.55 bits per heavy atom. The number of hydrogen-bond acceptors (Lipinski definition) is 8. The molecule has 0 aromatic heterocycles. The van der Waals surface area contributed by atoms with Crippen LogP contribution in [-0.2, 0) is 28.7 Å². The van der Waals surface area contributed by atoms with Crippen molar-refractivity contribution in [2.45, 2.75) is 118 Å². The second-order valence-electron chi connectivity index (χ2n) is 16.6. The number of primary amides is 1. The van der Waals surface area contributed by atoms with E-state index >= 15 is 0 Å². The molecule has 2 unspecified atom stereocenters. The molecule has 14 heteroatoms. The van der Waals surface area contributed by atoms with Crippen molar-refractivity contribution in [3.63, 3.8) is 0 Å². The van der Waals surface area contributed by atoms with Crippen molar-refractivity contribution in [3.05, 3.63) is 0 Å². The molecule has 6 atom stereocenters. The lowest BCUT2D eigenvalue weighted by Crippen LogP contribution is -2.63. The van der Waals surface area contributed by atoms with Gasteiger partial charge in [0.2, 0.25) is 17.6 Å². The fourth-order valence-electron chi connectivity index (χ4n) is 6.31. The van der Waals surface area contributed by atoms with Crippen LogP contribution in [0.25, 0.3) is 0 Å². The van der Waals surface area contributed by atoms with Gasteiger partial charge in [-0.1, -0.05) is 75.2 Å². The number of ketones is 1. The van der Waals surface area contributed by atoms with Gasteiger partial charge in [-0.3, -0.25) is 24.0 Å². The molecule has 0 bridgehead atoms. The third-order valence-corrected chi connectivity index (χ3v) is 9.49. The zero-order valence-corrected chi connectivity index (χ0v) is 29.5. The molecule has 0 aromatic rings. The Morgan fingerprint density at radius 3 is 2.04 bits per heavy atom. The minimum absolute atomic E-state index is 0.0299. The maximum atomic E-state index is 14.4. The van der Waals surface area contributed by atoms with Crippen LogP contribution in [0.4, 0.5) is 4.79 Å². The molecule has 1 saturated carbocycles. The van der Waals surface area contributed by atoms with Gasteiger partial charge in [-0.2, -0.15) is 0 Å². The van der Waals surface area contributed by atoms with Crippen molar-refractivity contribution in [1.29, 1.82) is 0 Å². The summed E-state index contributed by atoms with van der Waals surface area (Å²) in [6.07, 6.45) is 1.48. The van der Waals surface area contributed by atoms with Crippen LogP contribution < -0.4 is 21.7 Å². The second kappa shape index (κ2) is 14.5. The molecule has 1 aliphatic carbocycles. The van der Waals surface area contributed by atoms with E-state index in [1.165, 1.54) is 9.80 Å². The van der Waals surface area contributed by atoms with Crippen molar-refractivity contribution in [2.75, 3.05) is 26.3 Å². The lowest BCUT2D eigenvalue weighted by atomic mass is 9.75. The largest absolute Gasteiger partial charge is 0.371 e. The number of amides is 6. The number of aliphatic hydroxyl groups excluding tert-OH is 1. The number of rotatable bonds is 11. The van der Waals surface area contributed by atoms with Crippen LogP contribution in [0.3, 0.4) is 0 Å². The SMILES string of the molecule is CC(C)(C)[C@H](NC(=O)N[C@H](CN1C(=O)COCC1O)C(C)(C)C)C(=O)N1CC[C@H](C(C)(C)C)[C@H]1C(=O)NC(CC1CC1)C(=O)C(N)=O. The summed E-state index contributed by atoms with van der Waals surface area (Å²) in [6.45, 7) is 17.1. The fourth-order valence-corrected chi connectivity index (χ4v) is 6.31. The highest BCUT2D eigenvalue weighted by Gasteiger charge is 2.50. The molecule has 0 aromatic carbocycles. The molecular weight excluding hydrogens is 608 g/mol. The number of hydrogen-bond donors (Lipinski definition) is 5. The molecule has 0 spiro atoms. The van der Waals surface area contributed by atoms with Crippen LogP contribution in [0.15, 0.2) is 0 Å². The number of likely N-dealkylation sites (tertiary alicyclic amines) is 1. The fraction of sp³-hybridized carbons (Fsp3) is 0.818. The summed E-state index contributed by atoms with van der Waals surface area (Å²) < 4.78 is 5.11. The minimum atomic E-state index is -1.15. The Morgan fingerprint density at radius 1 is 0.936 bits per heavy atom. The van der Waals surface area contributed by atoms with Crippen molar-refractivity contribution < 1.29 is 38.6 Å². The number of carbonyl (C=O) groups is 6. The van der Waals surface area contributed by atoms with Crippen LogP contribution in [0.1, 0.15) is 88.0 Å². The number of urea groups is 1. The Balaban J connectivity index is 1.85. The standard InChI is InChI=1S/C33H56N6O8/c1-31(2,3)19-12-13-38(24(19)28(44)35-20(14-18-10-11-18)25(42)27(34)43)29(45)26(33(7,8)9)37-30(46)36-21(32(4,5)6)15-39-22(40)16-47-17-23(39)41/h18-22,24,26,40H,10-17H2,1-9H3,(H2,34,43)(H,35,44)(H2,36,37,46)/t19-,20?,21+,22?,24-,26+/m0/s1. The predicted octanol–water partition coefficient (Wildman–Crippen LogP) is 0.895. The van der Waals surface area contributed by atoms with E-state index in [0.29, 0.717) is 12.8 Å². The number of carbonyl (C=O) groups excluding carboxylic acids is 6. The number of nitrogens with two attached hydrogens (primary N) is 1. The molecule has 266 valence electrons. The zero-order valence-electron chi connectivity index (χ0n) is 29.5. The average molecular weight is 665 g/mol. The highest BCUT2D eigenvalue weighted by atomic mass is 16.5. The summed E-state index contributed by atoms with van der Waals surface area (Å²) >= 11 is 0. The van der Waals surface area contributed by atoms with Crippen LogP contribution in [-0.4, -0.2) is 107 Å². The van der Waals surface area contributed by atoms with Gasteiger partial charge in [0.25, 0.3) is 11.8 Å². The van der Waals surface area contributed by atoms with E-state index in [1.807, 2.05) is 62.3 Å². The minimum Gasteiger partial charge on any atom is -0.371 e. The quantitative estimate of drug-likeness (QED) is 0.201. The summed E-state index contributed by atoms with van der Waals surface area (Å²) in [5, 5.41) is 18.9. The number of Topliss-reactive ketones (excluding diaryl/α,β-unsaturated/α-hetero) is 1. The zero-order chi connectivity index (χ0) is 35.6. The average Bonchev–Trinajstić information content (AvgIpc) is 3.62. The van der Waals surface area contributed by atoms with Gasteiger partial charge in [0.05, 0.1) is 18.7 Å². The van der Waals surface area contributed by atoms with Crippen LogP contribution in [0.2, 0.25) is 0 Å². The smallest absolute Gasteiger partial charge is 0.315 e. The first-order valence-electron chi connectivity index (χ1n) is 16.6. The van der Waals surface area contributed by atoms with Crippen molar-refractivity contribution in [1.82, 2.24) is 25.8 Å². The van der Waals surface area contributed by atoms with Crippen molar-refractivity contribution in [2.24, 2.45) is 33.8 Å². The molecule has 47 heavy (non-hydrogen) atoms. The molecule has 3 aliphatic rings. The van der Waals surface area contributed by atoms with Gasteiger partial charge in [0, 0.05) is 13.1 Å². The summed E-state index contributed by atoms with van der Waals surface area (Å²) in [4.78, 5) is 81.6. The molecule has 2 heterocycles. The van der Waals surface area contributed by atoms with Gasteiger partial charge in [-0.05, 0) is 40.9 Å². The van der Waals surface area contributed by atoms with E-state index < -0.39 is 76.7 Å². The van der Waals surface area contributed by atoms with Gasteiger partial charge in [-0.25, -0.2) is 4.79 Å². The van der Waals surface area contributed by atoms with Crippen molar-refractivity contribution in [3.8, 4) is 0 Å². The molecular formula is C33H56N6O8. The monoisotopic (exact) mass is 664 g/mol. The molecule has 14 nitrogen and oxygen atoms in total. The van der Waals surface area contributed by atoms with E-state index in [2.05, 4.69) is 16.0 Å². The maximum Gasteiger partial charge on any atom is 0.315 e. The number of nitrogens with one attached hydrogen (secondary N) is 3. The molecule has 6 N–H and O–H groups in total. The van der Waals surface area contributed by atoms with Crippen molar-refractivity contribution >= 4 is 35.4 Å². The highest BCUT2D eigenvalue weighted by Crippen LogP contribution is 2.40. The van der Waals surface area contributed by atoms with Crippen LogP contribution in [0, 0.1) is 28.1 Å². The van der Waals surface area contributed by atoms with Crippen LogP contribution >= 0.6 is 0 Å². The molecule has 6 amide bonds. The number of nitrogens with zero attached hydrogens (tertiary/aromatic N) is 2. The number of aliphatic hydroxyl groups is 1. The summed E-state index contributed by atoms with van der Waals surface area (Å²) in [6, 6.07) is -4.31. The van der Waals surface area contributed by atoms with Gasteiger partial charge in [0.1, 0.15) is 18.7 Å². The Bertz CT molecular complexity index is 1210. The van der Waals surface area contributed by atoms with Gasteiger partial charge < -0.3 is 41.3 Å². The lowest BCUT2D eigenvalue weighted by Gasteiger charge is -2.40. The van der Waals surface area contributed by atoms with Gasteiger partial charge >= 0.3 is 6.03 Å². The van der Waals surface area contributed by atoms with Crippen LogP contribution in [0.5, 0.6) is 0 Å². The van der Waals surface area contributed by atoms with E-state index in [0.717, 1.165) is 12.8 Å². The topological polar surface area (TPSA) is 200 Å². The summed E-state index contributed by atoms with van der Waals surface area (Å²) in [5.41, 5.74) is 3.61. The molecule has 3 rings (SSSR count). The van der Waals surface area contributed by atoms with E-state index in [9.17, 15) is 33.9 Å².